The normalized spacial score (nSPS) is 26.9. The van der Waals surface area contributed by atoms with Crippen molar-refractivity contribution < 1.29 is 48.4 Å². The second kappa shape index (κ2) is 11.1. The zero-order valence-electron chi connectivity index (χ0n) is 15.9. The minimum atomic E-state index is -1.20. The first-order valence-corrected chi connectivity index (χ1v) is 9.46. The lowest BCUT2D eigenvalue weighted by molar-refractivity contribution is -0.790. The second-order valence-electron chi connectivity index (χ2n) is 6.58. The van der Waals surface area contributed by atoms with Crippen LogP contribution in [0.1, 0.15) is 26.2 Å². The Bertz CT molecular complexity index is 647. The lowest BCUT2D eigenvalue weighted by Gasteiger charge is -2.18. The summed E-state index contributed by atoms with van der Waals surface area (Å²) in [6, 6.07) is 0. The van der Waals surface area contributed by atoms with Crippen molar-refractivity contribution >= 4 is 23.5 Å². The topological polar surface area (TPSA) is 176 Å². The number of alkyl halides is 1. The molecule has 0 aromatic heterocycles. The standard InChI is InChI=1S/C15H21ClN2O12/c1-8(16)15(20)29-11-7-26-13-10(6-25-14(11)13)28-12(19)4-2-3-9(30-18(23)24)5-27-17(21)22/h8-11,13-14H,2-7H2,1H3/t8?,9?,10-,11-,13+,14+/m0/s1. The fourth-order valence-corrected chi connectivity index (χ4v) is 3.06. The van der Waals surface area contributed by atoms with Gasteiger partial charge in [0.2, 0.25) is 0 Å². The summed E-state index contributed by atoms with van der Waals surface area (Å²) in [4.78, 5) is 52.6. The van der Waals surface area contributed by atoms with E-state index >= 15 is 0 Å². The van der Waals surface area contributed by atoms with Gasteiger partial charge in [0.15, 0.2) is 12.2 Å². The number of ether oxygens (including phenoxy) is 4. The van der Waals surface area contributed by atoms with E-state index in [9.17, 15) is 29.8 Å². The molecule has 14 nitrogen and oxygen atoms in total. The number of fused-ring (bicyclic) bond motifs is 1. The summed E-state index contributed by atoms with van der Waals surface area (Å²) in [5.74, 6) is -1.22. The smallest absolute Gasteiger partial charge is 0.324 e. The van der Waals surface area contributed by atoms with Gasteiger partial charge in [0.05, 0.1) is 13.2 Å². The Kier molecular flexibility index (Phi) is 8.80. The SMILES string of the molecule is CC(Cl)C(=O)O[C@H]1CO[C@H]2[C@@H]1OC[C@@H]2OC(=O)CCCC(CO[N+](=O)[O-])O[N+](=O)[O-]. The highest BCUT2D eigenvalue weighted by Gasteiger charge is 2.51. The van der Waals surface area contributed by atoms with Crippen LogP contribution >= 0.6 is 11.6 Å². The molecule has 2 fully saturated rings. The lowest BCUT2D eigenvalue weighted by Crippen LogP contribution is -2.36. The first-order chi connectivity index (χ1) is 14.2. The van der Waals surface area contributed by atoms with Crippen LogP contribution in [0.5, 0.6) is 0 Å². The highest BCUT2D eigenvalue weighted by molar-refractivity contribution is 6.29. The number of nitrogens with zero attached hydrogens (tertiary/aromatic N) is 2. The van der Waals surface area contributed by atoms with E-state index in [2.05, 4.69) is 9.68 Å². The molecule has 2 aliphatic heterocycles. The van der Waals surface area contributed by atoms with Gasteiger partial charge in [-0.3, -0.25) is 9.59 Å². The first kappa shape index (κ1) is 23.8. The van der Waals surface area contributed by atoms with Crippen molar-refractivity contribution in [3.05, 3.63) is 20.2 Å². The molecule has 2 unspecified atom stereocenters. The average Bonchev–Trinajstić information content (AvgIpc) is 3.22. The van der Waals surface area contributed by atoms with Gasteiger partial charge in [-0.15, -0.1) is 31.8 Å². The molecule has 0 bridgehead atoms. The van der Waals surface area contributed by atoms with Crippen LogP contribution in [0.2, 0.25) is 0 Å². The van der Waals surface area contributed by atoms with Crippen LogP contribution in [-0.4, -0.2) is 77.8 Å². The van der Waals surface area contributed by atoms with Gasteiger partial charge in [0, 0.05) is 6.42 Å². The molecule has 0 aliphatic carbocycles. The minimum Gasteiger partial charge on any atom is -0.457 e. The molecule has 0 saturated carbocycles. The number of hydrogen-bond donors (Lipinski definition) is 0. The van der Waals surface area contributed by atoms with E-state index in [0.29, 0.717) is 0 Å². The van der Waals surface area contributed by atoms with Gasteiger partial charge in [-0.1, -0.05) is 0 Å². The monoisotopic (exact) mass is 456 g/mol. The van der Waals surface area contributed by atoms with Crippen LogP contribution in [0.15, 0.2) is 0 Å². The number of esters is 2. The zero-order chi connectivity index (χ0) is 22.3. The van der Waals surface area contributed by atoms with E-state index < -0.39 is 64.6 Å². The third kappa shape index (κ3) is 7.11. The van der Waals surface area contributed by atoms with Gasteiger partial charge in [-0.05, 0) is 19.8 Å². The van der Waals surface area contributed by atoms with E-state index in [1.54, 1.807) is 0 Å². The second-order valence-corrected chi connectivity index (χ2v) is 7.23. The Labute approximate surface area is 174 Å². The van der Waals surface area contributed by atoms with E-state index in [1.165, 1.54) is 6.92 Å². The van der Waals surface area contributed by atoms with Crippen molar-refractivity contribution in [3.8, 4) is 0 Å². The molecule has 0 radical (unpaired) electrons. The highest BCUT2D eigenvalue weighted by Crippen LogP contribution is 2.31. The zero-order valence-corrected chi connectivity index (χ0v) is 16.6. The summed E-state index contributed by atoms with van der Waals surface area (Å²) >= 11 is 5.67. The summed E-state index contributed by atoms with van der Waals surface area (Å²) in [5.41, 5.74) is 0. The molecule has 30 heavy (non-hydrogen) atoms. The fourth-order valence-electron chi connectivity index (χ4n) is 3.01. The van der Waals surface area contributed by atoms with Gasteiger partial charge in [-0.2, -0.15) is 0 Å². The Morgan fingerprint density at radius 1 is 1.10 bits per heavy atom. The molecule has 2 aliphatic rings. The maximum absolute atomic E-state index is 12.1. The molecule has 6 atom stereocenters. The summed E-state index contributed by atoms with van der Waals surface area (Å²) in [6.07, 6.45) is -3.80. The van der Waals surface area contributed by atoms with E-state index in [4.69, 9.17) is 30.5 Å². The molecule has 0 N–H and O–H groups in total. The van der Waals surface area contributed by atoms with E-state index in [1.807, 2.05) is 0 Å². The van der Waals surface area contributed by atoms with Crippen molar-refractivity contribution in [1.29, 1.82) is 0 Å². The predicted molar refractivity (Wildman–Crippen MR) is 93.2 cm³/mol. The van der Waals surface area contributed by atoms with Gasteiger partial charge < -0.3 is 28.6 Å². The van der Waals surface area contributed by atoms with Gasteiger partial charge >= 0.3 is 11.9 Å². The van der Waals surface area contributed by atoms with Gasteiger partial charge in [0.1, 0.15) is 30.3 Å². The summed E-state index contributed by atoms with van der Waals surface area (Å²) in [6.45, 7) is 0.963. The molecular formula is C15H21ClN2O12. The highest BCUT2D eigenvalue weighted by atomic mass is 35.5. The van der Waals surface area contributed by atoms with Crippen LogP contribution < -0.4 is 0 Å². The molecular weight excluding hydrogens is 436 g/mol. The Morgan fingerprint density at radius 2 is 1.70 bits per heavy atom. The maximum Gasteiger partial charge on any atom is 0.324 e. The first-order valence-electron chi connectivity index (χ1n) is 9.03. The summed E-state index contributed by atoms with van der Waals surface area (Å²) in [5, 5.41) is 17.6. The third-order valence-electron chi connectivity index (χ3n) is 4.35. The van der Waals surface area contributed by atoms with E-state index in [-0.39, 0.29) is 32.5 Å². The number of carbonyl (C=O) groups excluding carboxylic acids is 2. The molecule has 2 heterocycles. The van der Waals surface area contributed by atoms with Crippen molar-refractivity contribution in [2.24, 2.45) is 0 Å². The number of rotatable bonds is 12. The summed E-state index contributed by atoms with van der Waals surface area (Å²) < 4.78 is 21.6. The molecule has 15 heteroatoms. The number of hydrogen-bond acceptors (Lipinski definition) is 12. The fraction of sp³-hybridized carbons (Fsp3) is 0.867. The molecule has 0 spiro atoms. The van der Waals surface area contributed by atoms with Crippen molar-refractivity contribution in [2.75, 3.05) is 19.8 Å². The predicted octanol–water partition coefficient (Wildman–Crippen LogP) is 0.190. The Hall–Kier alpha value is -2.45. The molecule has 0 aromatic carbocycles. The van der Waals surface area contributed by atoms with Gasteiger partial charge in [0.25, 0.3) is 10.2 Å². The average molecular weight is 457 g/mol. The van der Waals surface area contributed by atoms with Crippen molar-refractivity contribution in [2.45, 2.75) is 62.1 Å². The maximum atomic E-state index is 12.1. The Morgan fingerprint density at radius 3 is 2.23 bits per heavy atom. The largest absolute Gasteiger partial charge is 0.457 e. The summed E-state index contributed by atoms with van der Waals surface area (Å²) in [7, 11) is 0. The molecule has 170 valence electrons. The Balaban J connectivity index is 1.74. The quantitative estimate of drug-likeness (QED) is 0.169. The molecule has 0 amide bonds. The van der Waals surface area contributed by atoms with Crippen LogP contribution in [0.25, 0.3) is 0 Å². The molecule has 0 aromatic rings. The number of halogens is 1. The van der Waals surface area contributed by atoms with Crippen LogP contribution in [0.4, 0.5) is 0 Å². The van der Waals surface area contributed by atoms with Crippen LogP contribution in [0.3, 0.4) is 0 Å². The van der Waals surface area contributed by atoms with Crippen molar-refractivity contribution in [3.63, 3.8) is 0 Å². The molecule has 2 saturated heterocycles. The van der Waals surface area contributed by atoms with Crippen molar-refractivity contribution in [1.82, 2.24) is 0 Å². The van der Waals surface area contributed by atoms with Gasteiger partial charge in [-0.25, -0.2) is 0 Å². The number of carbonyl (C=O) groups is 2. The third-order valence-corrected chi connectivity index (χ3v) is 4.52. The molecule has 2 rings (SSSR count). The minimum absolute atomic E-state index is 0.0394. The van der Waals surface area contributed by atoms with Crippen LogP contribution in [-0.2, 0) is 38.2 Å². The van der Waals surface area contributed by atoms with E-state index in [0.717, 1.165) is 0 Å². The van der Waals surface area contributed by atoms with Crippen LogP contribution in [0, 0.1) is 20.2 Å². The lowest BCUT2D eigenvalue weighted by atomic mass is 10.1.